The lowest BCUT2D eigenvalue weighted by molar-refractivity contribution is 0.520. The van der Waals surface area contributed by atoms with Crippen molar-refractivity contribution in [1.82, 2.24) is 19.2 Å². The molecule has 0 aliphatic heterocycles. The van der Waals surface area contributed by atoms with E-state index in [1.807, 2.05) is 6.92 Å². The Morgan fingerprint density at radius 1 is 0.800 bits per heavy atom. The molecule has 0 spiro atoms. The van der Waals surface area contributed by atoms with Crippen LogP contribution in [-0.2, 0) is 20.0 Å². The molecule has 2 aromatic rings. The van der Waals surface area contributed by atoms with Gasteiger partial charge in [0.1, 0.15) is 0 Å². The van der Waals surface area contributed by atoms with Gasteiger partial charge in [0.05, 0.1) is 9.79 Å². The zero-order valence-electron chi connectivity index (χ0n) is 20.1. The average molecular weight is 559 g/mol. The Balaban J connectivity index is 1.89. The highest BCUT2D eigenvalue weighted by atomic mass is 32.2. The lowest BCUT2D eigenvalue weighted by atomic mass is 10.3. The third-order valence-corrected chi connectivity index (χ3v) is 8.78. The van der Waals surface area contributed by atoms with E-state index in [9.17, 15) is 16.8 Å². The number of anilines is 2. The van der Waals surface area contributed by atoms with Gasteiger partial charge in [-0.3, -0.25) is 0 Å². The highest BCUT2D eigenvalue weighted by Crippen LogP contribution is 2.19. The first-order valence-corrected chi connectivity index (χ1v) is 14.1. The summed E-state index contributed by atoms with van der Waals surface area (Å²) in [5.74, 6) is 0. The van der Waals surface area contributed by atoms with Gasteiger partial charge in [0.25, 0.3) is 0 Å². The fraction of sp³-hybridized carbons (Fsp3) is 0.333. The summed E-state index contributed by atoms with van der Waals surface area (Å²) >= 11 is 10.6. The Hall–Kier alpha value is -2.36. The van der Waals surface area contributed by atoms with Crippen molar-refractivity contribution in [2.45, 2.75) is 22.8 Å². The van der Waals surface area contributed by atoms with Gasteiger partial charge in [-0.25, -0.2) is 25.4 Å². The van der Waals surface area contributed by atoms with Gasteiger partial charge < -0.3 is 21.3 Å². The first kappa shape index (κ1) is 28.9. The van der Waals surface area contributed by atoms with Gasteiger partial charge in [0, 0.05) is 52.2 Å². The van der Waals surface area contributed by atoms with E-state index in [2.05, 4.69) is 21.3 Å². The van der Waals surface area contributed by atoms with Gasteiger partial charge in [-0.2, -0.15) is 0 Å². The second-order valence-electron chi connectivity index (χ2n) is 7.97. The molecule has 0 aliphatic carbocycles. The number of hydrogen-bond acceptors (Lipinski definition) is 6. The normalized spacial score (nSPS) is 12.8. The summed E-state index contributed by atoms with van der Waals surface area (Å²) < 4.78 is 51.5. The molecule has 35 heavy (non-hydrogen) atoms. The third-order valence-electron chi connectivity index (χ3n) is 4.69. The van der Waals surface area contributed by atoms with Crippen LogP contribution in [0.5, 0.6) is 0 Å². The molecule has 14 heteroatoms. The minimum Gasteiger partial charge on any atom is -0.360 e. The van der Waals surface area contributed by atoms with E-state index in [4.69, 9.17) is 24.4 Å². The molecule has 1 unspecified atom stereocenters. The van der Waals surface area contributed by atoms with Gasteiger partial charge in [0.15, 0.2) is 10.2 Å². The number of nitrogens with one attached hydrogen (secondary N) is 4. The van der Waals surface area contributed by atoms with Crippen molar-refractivity contribution in [3.8, 4) is 0 Å². The Labute approximate surface area is 218 Å². The number of nitrogens with zero attached hydrogens (tertiary/aromatic N) is 2. The van der Waals surface area contributed by atoms with E-state index in [1.54, 1.807) is 24.3 Å². The molecule has 0 aliphatic rings. The van der Waals surface area contributed by atoms with Gasteiger partial charge >= 0.3 is 0 Å². The topological polar surface area (TPSA) is 123 Å². The molecule has 2 rings (SSSR count). The van der Waals surface area contributed by atoms with Crippen molar-refractivity contribution in [2.75, 3.05) is 45.4 Å². The fourth-order valence-corrected chi connectivity index (χ4v) is 5.17. The molecule has 2 aromatic carbocycles. The summed E-state index contributed by atoms with van der Waals surface area (Å²) in [6.45, 7) is 2.30. The second-order valence-corrected chi connectivity index (χ2v) is 13.1. The van der Waals surface area contributed by atoms with Crippen molar-refractivity contribution in [3.63, 3.8) is 0 Å². The lowest BCUT2D eigenvalue weighted by Crippen LogP contribution is -2.44. The number of hydrogen-bond donors (Lipinski definition) is 4. The Morgan fingerprint density at radius 3 is 1.66 bits per heavy atom. The van der Waals surface area contributed by atoms with Crippen molar-refractivity contribution >= 4 is 66.1 Å². The minimum absolute atomic E-state index is 0.135. The van der Waals surface area contributed by atoms with Crippen molar-refractivity contribution < 1.29 is 16.8 Å². The van der Waals surface area contributed by atoms with Crippen LogP contribution in [0.15, 0.2) is 58.3 Å². The lowest BCUT2D eigenvalue weighted by Gasteiger charge is -2.19. The summed E-state index contributed by atoms with van der Waals surface area (Å²) in [6.07, 6.45) is 0. The van der Waals surface area contributed by atoms with Crippen LogP contribution in [0.2, 0.25) is 0 Å². The van der Waals surface area contributed by atoms with Crippen molar-refractivity contribution in [3.05, 3.63) is 48.5 Å². The maximum Gasteiger partial charge on any atom is 0.242 e. The number of benzene rings is 2. The molecular weight excluding hydrogens is 529 g/mol. The molecule has 0 saturated heterocycles. The summed E-state index contributed by atoms with van der Waals surface area (Å²) in [4.78, 5) is 0.313. The molecule has 192 valence electrons. The van der Waals surface area contributed by atoms with Crippen LogP contribution < -0.4 is 21.3 Å². The zero-order chi connectivity index (χ0) is 26.4. The predicted octanol–water partition coefficient (Wildman–Crippen LogP) is 1.85. The molecule has 0 fully saturated rings. The van der Waals surface area contributed by atoms with Crippen molar-refractivity contribution in [2.24, 2.45) is 0 Å². The van der Waals surface area contributed by atoms with Crippen LogP contribution in [0.25, 0.3) is 0 Å². The molecule has 10 nitrogen and oxygen atoms in total. The molecular formula is C21H30N6O4S4. The summed E-state index contributed by atoms with van der Waals surface area (Å²) in [6, 6.07) is 12.6. The zero-order valence-corrected chi connectivity index (χ0v) is 23.3. The number of rotatable bonds is 9. The Bertz CT molecular complexity index is 1280. The average Bonchev–Trinajstić information content (AvgIpc) is 2.77. The standard InChI is InChI=1S/C21H30N6O4S4/c1-15(23-21(33)25-17-9-7-11-19(13-17)35(30,31)27(4)5)14-22-20(32)24-16-8-6-10-18(12-16)34(28,29)26(2)3/h6-13,15H,14H2,1-5H3,(H2,22,24,32)(H2,23,25,33). The van der Waals surface area contributed by atoms with Crippen LogP contribution >= 0.6 is 24.4 Å². The third kappa shape index (κ3) is 8.08. The van der Waals surface area contributed by atoms with Gasteiger partial charge in [-0.15, -0.1) is 0 Å². The molecule has 0 radical (unpaired) electrons. The SMILES string of the molecule is CC(CNC(=S)Nc1cccc(S(=O)(=O)N(C)C)c1)NC(=S)Nc1cccc(S(=O)(=O)N(C)C)c1. The van der Waals surface area contributed by atoms with E-state index in [1.165, 1.54) is 52.5 Å². The predicted molar refractivity (Wildman–Crippen MR) is 148 cm³/mol. The minimum atomic E-state index is -3.55. The number of sulfonamides is 2. The second kappa shape index (κ2) is 12.1. The molecule has 0 heterocycles. The number of thiocarbonyl (C=S) groups is 2. The Morgan fingerprint density at radius 2 is 1.23 bits per heavy atom. The van der Waals surface area contributed by atoms with Crippen LogP contribution in [-0.4, -0.2) is 76.4 Å². The highest BCUT2D eigenvalue weighted by Gasteiger charge is 2.18. The van der Waals surface area contributed by atoms with E-state index in [-0.39, 0.29) is 15.8 Å². The molecule has 0 saturated carbocycles. The smallest absolute Gasteiger partial charge is 0.242 e. The fourth-order valence-electron chi connectivity index (χ4n) is 2.75. The quantitative estimate of drug-likeness (QED) is 0.339. The summed E-state index contributed by atoms with van der Waals surface area (Å²) in [5.41, 5.74) is 1.08. The molecule has 0 amide bonds. The van der Waals surface area contributed by atoms with Crippen molar-refractivity contribution in [1.29, 1.82) is 0 Å². The molecule has 0 aromatic heterocycles. The maximum atomic E-state index is 12.3. The van der Waals surface area contributed by atoms with Crippen LogP contribution in [0.3, 0.4) is 0 Å². The van der Waals surface area contributed by atoms with E-state index < -0.39 is 20.0 Å². The first-order chi connectivity index (χ1) is 16.2. The monoisotopic (exact) mass is 558 g/mol. The van der Waals surface area contributed by atoms with E-state index in [0.29, 0.717) is 28.1 Å². The largest absolute Gasteiger partial charge is 0.360 e. The van der Waals surface area contributed by atoms with Gasteiger partial charge in [-0.1, -0.05) is 12.1 Å². The first-order valence-electron chi connectivity index (χ1n) is 10.4. The molecule has 1 atom stereocenters. The Kier molecular flexibility index (Phi) is 9.94. The maximum absolute atomic E-state index is 12.3. The van der Waals surface area contributed by atoms with Crippen LogP contribution in [0.4, 0.5) is 11.4 Å². The summed E-state index contributed by atoms with van der Waals surface area (Å²) in [5, 5.41) is 12.7. The molecule has 4 N–H and O–H groups in total. The van der Waals surface area contributed by atoms with Gasteiger partial charge in [-0.05, 0) is 67.8 Å². The van der Waals surface area contributed by atoms with Crippen LogP contribution in [0, 0.1) is 0 Å². The highest BCUT2D eigenvalue weighted by molar-refractivity contribution is 7.89. The van der Waals surface area contributed by atoms with E-state index >= 15 is 0 Å². The van der Waals surface area contributed by atoms with E-state index in [0.717, 1.165) is 8.61 Å². The molecule has 0 bridgehead atoms. The van der Waals surface area contributed by atoms with Crippen LogP contribution in [0.1, 0.15) is 6.92 Å². The van der Waals surface area contributed by atoms with Gasteiger partial charge in [0.2, 0.25) is 20.0 Å². The summed E-state index contributed by atoms with van der Waals surface area (Å²) in [7, 11) is -1.23.